The summed E-state index contributed by atoms with van der Waals surface area (Å²) in [5, 5.41) is 24.8. The van der Waals surface area contributed by atoms with Crippen molar-refractivity contribution in [2.45, 2.75) is 105 Å². The van der Waals surface area contributed by atoms with Crippen LogP contribution in [-0.4, -0.2) is 54.7 Å². The Bertz CT molecular complexity index is 1120. The number of fused-ring (bicyclic) bond motifs is 3. The predicted octanol–water partition coefficient (Wildman–Crippen LogP) is 5.36. The second-order valence-corrected chi connectivity index (χ2v) is 19.3. The summed E-state index contributed by atoms with van der Waals surface area (Å²) in [4.78, 5) is 27.6. The summed E-state index contributed by atoms with van der Waals surface area (Å²) in [5.74, 6) is -0.863. The van der Waals surface area contributed by atoms with Gasteiger partial charge in [0, 0.05) is 11.5 Å². The average molecular weight is 545 g/mol. The molecule has 0 radical (unpaired) electrons. The molecule has 4 aliphatic carbocycles. The number of carbonyl (C=O) groups is 2. The Morgan fingerprint density at radius 1 is 1.26 bits per heavy atom. The van der Waals surface area contributed by atoms with Crippen molar-refractivity contribution in [3.63, 3.8) is 0 Å². The molecule has 2 fully saturated rings. The lowest BCUT2D eigenvalue weighted by atomic mass is 9.59. The molecule has 212 valence electrons. The van der Waals surface area contributed by atoms with Gasteiger partial charge in [0.25, 0.3) is 0 Å². The van der Waals surface area contributed by atoms with E-state index in [-0.39, 0.29) is 34.7 Å². The van der Waals surface area contributed by atoms with Crippen LogP contribution in [0.3, 0.4) is 0 Å². The number of allylic oxidation sites excluding steroid dienone is 2. The summed E-state index contributed by atoms with van der Waals surface area (Å²) >= 11 is 0. The van der Waals surface area contributed by atoms with Gasteiger partial charge in [-0.3, -0.25) is 4.79 Å². The minimum Gasteiger partial charge on any atom is -0.451 e. The molecule has 7 heteroatoms. The lowest BCUT2D eigenvalue weighted by Crippen LogP contribution is -2.66. The predicted molar refractivity (Wildman–Crippen MR) is 151 cm³/mol. The van der Waals surface area contributed by atoms with Crippen molar-refractivity contribution >= 4 is 20.1 Å². The highest BCUT2D eigenvalue weighted by molar-refractivity contribution is 6.74. The first-order valence-electron chi connectivity index (χ1n) is 14.1. The van der Waals surface area contributed by atoms with Gasteiger partial charge in [0.1, 0.15) is 6.10 Å². The van der Waals surface area contributed by atoms with Crippen molar-refractivity contribution in [2.24, 2.45) is 34.5 Å². The van der Waals surface area contributed by atoms with Gasteiger partial charge in [-0.15, -0.1) is 0 Å². The molecule has 4 rings (SSSR count). The number of aliphatic hydroxyl groups excluding tert-OH is 1. The Morgan fingerprint density at radius 2 is 1.87 bits per heavy atom. The van der Waals surface area contributed by atoms with Crippen LogP contribution in [0, 0.1) is 34.5 Å². The topological polar surface area (TPSA) is 93.1 Å². The second-order valence-electron chi connectivity index (χ2n) is 14.5. The standard InChI is InChI=1S/C31H48O6Si/c1-12-17(2)27(34)37-26-18(3)15-30-19(4)13-22-23(29(22,8)9)21(25(30)33)14-20(24(32)31(26,30)35)16-36-38(10,11)28(5,6)7/h12,14-15,19,21-24,26,32,35H,13,16H2,1-11H3/t19-,21+,22-,23+,24-,26+,30+,31+/m1/s1. The zero-order valence-electron chi connectivity index (χ0n) is 25.1. The largest absolute Gasteiger partial charge is 0.451 e. The highest BCUT2D eigenvalue weighted by atomic mass is 28.4. The Hall–Kier alpha value is -1.54. The van der Waals surface area contributed by atoms with Gasteiger partial charge in [0.2, 0.25) is 0 Å². The number of hydrogen-bond acceptors (Lipinski definition) is 6. The lowest BCUT2D eigenvalue weighted by molar-refractivity contribution is -0.201. The van der Waals surface area contributed by atoms with Gasteiger partial charge < -0.3 is 19.4 Å². The fraction of sp³-hybridized carbons (Fsp3) is 0.742. The van der Waals surface area contributed by atoms with Gasteiger partial charge >= 0.3 is 5.97 Å². The lowest BCUT2D eigenvalue weighted by Gasteiger charge is -2.49. The van der Waals surface area contributed by atoms with Crippen molar-refractivity contribution in [2.75, 3.05) is 6.61 Å². The highest BCUT2D eigenvalue weighted by Gasteiger charge is 2.76. The van der Waals surface area contributed by atoms with E-state index < -0.39 is 43.4 Å². The summed E-state index contributed by atoms with van der Waals surface area (Å²) in [6.07, 6.45) is 3.56. The van der Waals surface area contributed by atoms with Gasteiger partial charge in [-0.25, -0.2) is 4.79 Å². The second kappa shape index (κ2) is 8.98. The number of ketones is 1. The van der Waals surface area contributed by atoms with Gasteiger partial charge in [-0.05, 0) is 79.6 Å². The van der Waals surface area contributed by atoms with Crippen LogP contribution >= 0.6 is 0 Å². The molecule has 2 saturated carbocycles. The van der Waals surface area contributed by atoms with Crippen molar-refractivity contribution in [1.82, 2.24) is 0 Å². The fourth-order valence-electron chi connectivity index (χ4n) is 7.38. The fourth-order valence-corrected chi connectivity index (χ4v) is 8.34. The number of hydrogen-bond donors (Lipinski definition) is 2. The third kappa shape index (κ3) is 3.90. The van der Waals surface area contributed by atoms with E-state index in [1.807, 2.05) is 19.1 Å². The van der Waals surface area contributed by atoms with Crippen molar-refractivity contribution in [3.8, 4) is 0 Å². The van der Waals surface area contributed by atoms with Crippen LogP contribution in [0.2, 0.25) is 18.1 Å². The maximum atomic E-state index is 14.7. The maximum absolute atomic E-state index is 14.7. The van der Waals surface area contributed by atoms with E-state index in [0.717, 1.165) is 6.42 Å². The Morgan fingerprint density at radius 3 is 2.42 bits per heavy atom. The molecule has 6 nitrogen and oxygen atoms in total. The first-order valence-corrected chi connectivity index (χ1v) is 17.0. The molecule has 0 amide bonds. The number of esters is 1. The summed E-state index contributed by atoms with van der Waals surface area (Å²) in [5.41, 5.74) is -1.88. The summed E-state index contributed by atoms with van der Waals surface area (Å²) in [6, 6.07) is 0. The summed E-state index contributed by atoms with van der Waals surface area (Å²) in [7, 11) is -2.20. The van der Waals surface area contributed by atoms with E-state index in [4.69, 9.17) is 9.16 Å². The first-order chi connectivity index (χ1) is 17.3. The van der Waals surface area contributed by atoms with Crippen molar-refractivity contribution in [1.29, 1.82) is 0 Å². The number of ether oxygens (including phenoxy) is 1. The van der Waals surface area contributed by atoms with E-state index >= 15 is 0 Å². The molecule has 2 bridgehead atoms. The smallest absolute Gasteiger partial charge is 0.334 e. The molecule has 1 spiro atoms. The van der Waals surface area contributed by atoms with Crippen molar-refractivity contribution < 1.29 is 29.0 Å². The first kappa shape index (κ1) is 29.4. The van der Waals surface area contributed by atoms with Gasteiger partial charge in [-0.1, -0.05) is 59.8 Å². The number of Topliss-reactive ketones (excluding diaryl/α,β-unsaturated/α-hetero) is 1. The van der Waals surface area contributed by atoms with Crippen LogP contribution in [0.25, 0.3) is 0 Å². The Balaban J connectivity index is 1.87. The average Bonchev–Trinajstić information content (AvgIpc) is 3.30. The van der Waals surface area contributed by atoms with E-state index in [9.17, 15) is 19.8 Å². The molecule has 0 aromatic carbocycles. The zero-order valence-corrected chi connectivity index (χ0v) is 26.1. The molecular formula is C31H48O6Si. The molecule has 2 N–H and O–H groups in total. The van der Waals surface area contributed by atoms with E-state index in [1.165, 1.54) is 0 Å². The van der Waals surface area contributed by atoms with Crippen LogP contribution < -0.4 is 0 Å². The molecule has 0 unspecified atom stereocenters. The quantitative estimate of drug-likeness (QED) is 0.209. The SMILES string of the molecule is CC=C(C)C(=O)O[C@H]1C(C)=C[C@]23C(=O)[C@@H](C=C(CO[Si](C)(C)C(C)(C)C)[C@@H](O)[C@]12O)[C@H]1[C@@H](C[C@H]3C)C1(C)C. The molecular weight excluding hydrogens is 496 g/mol. The number of carbonyl (C=O) groups excluding carboxylic acids is 2. The van der Waals surface area contributed by atoms with Gasteiger partial charge in [0.15, 0.2) is 25.8 Å². The third-order valence-corrected chi connectivity index (χ3v) is 15.6. The zero-order chi connectivity index (χ0) is 28.8. The van der Waals surface area contributed by atoms with Gasteiger partial charge in [0.05, 0.1) is 12.0 Å². The van der Waals surface area contributed by atoms with Gasteiger partial charge in [-0.2, -0.15) is 0 Å². The number of aliphatic hydroxyl groups is 2. The van der Waals surface area contributed by atoms with Crippen LogP contribution in [0.15, 0.2) is 34.9 Å². The molecule has 0 aromatic heterocycles. The van der Waals surface area contributed by atoms with Crippen LogP contribution in [-0.2, 0) is 18.8 Å². The van der Waals surface area contributed by atoms with E-state index in [1.54, 1.807) is 26.8 Å². The monoisotopic (exact) mass is 544 g/mol. The van der Waals surface area contributed by atoms with E-state index in [2.05, 4.69) is 47.7 Å². The third-order valence-electron chi connectivity index (χ3n) is 11.1. The van der Waals surface area contributed by atoms with E-state index in [0.29, 0.717) is 22.6 Å². The maximum Gasteiger partial charge on any atom is 0.334 e. The summed E-state index contributed by atoms with van der Waals surface area (Å²) < 4.78 is 12.5. The summed E-state index contributed by atoms with van der Waals surface area (Å²) in [6.45, 7) is 22.5. The molecule has 0 aliphatic heterocycles. The van der Waals surface area contributed by atoms with Crippen molar-refractivity contribution in [3.05, 3.63) is 34.9 Å². The molecule has 4 aliphatic rings. The highest BCUT2D eigenvalue weighted by Crippen LogP contribution is 2.71. The Labute approximate surface area is 229 Å². The molecule has 38 heavy (non-hydrogen) atoms. The van der Waals surface area contributed by atoms with Crippen LogP contribution in [0.5, 0.6) is 0 Å². The Kier molecular flexibility index (Phi) is 6.96. The molecule has 0 aromatic rings. The van der Waals surface area contributed by atoms with Crippen LogP contribution in [0.4, 0.5) is 0 Å². The van der Waals surface area contributed by atoms with Crippen LogP contribution in [0.1, 0.15) is 68.7 Å². The normalized spacial score (nSPS) is 40.3. The molecule has 0 heterocycles. The number of rotatable bonds is 5. The minimum absolute atomic E-state index is 0.00222. The minimum atomic E-state index is -2.20. The molecule has 0 saturated heterocycles. The molecule has 8 atom stereocenters.